The first kappa shape index (κ1) is 13.2. The number of piperidine rings is 1. The van der Waals surface area contributed by atoms with Gasteiger partial charge >= 0.3 is 5.69 Å². The molecule has 19 heavy (non-hydrogen) atoms. The van der Waals surface area contributed by atoms with Crippen LogP contribution >= 0.6 is 0 Å². The van der Waals surface area contributed by atoms with E-state index in [1.165, 1.54) is 4.57 Å². The van der Waals surface area contributed by atoms with E-state index in [2.05, 4.69) is 15.6 Å². The van der Waals surface area contributed by atoms with Crippen LogP contribution in [0.15, 0.2) is 9.59 Å². The quantitative estimate of drug-likeness (QED) is 0.549. The molecule has 0 spiro atoms. The van der Waals surface area contributed by atoms with Gasteiger partial charge in [-0.25, -0.2) is 4.79 Å². The molecule has 8 heteroatoms. The molecule has 0 saturated carbocycles. The van der Waals surface area contributed by atoms with Crippen molar-refractivity contribution in [3.63, 3.8) is 0 Å². The summed E-state index contributed by atoms with van der Waals surface area (Å²) in [4.78, 5) is 37.1. The van der Waals surface area contributed by atoms with E-state index in [9.17, 15) is 14.4 Å². The molecular formula is C11H17N5O3. The molecule has 1 unspecified atom stereocenters. The first-order valence-electron chi connectivity index (χ1n) is 6.21. The van der Waals surface area contributed by atoms with Crippen LogP contribution in [0.25, 0.3) is 0 Å². The highest BCUT2D eigenvalue weighted by Crippen LogP contribution is 2.14. The number of hydrogen-bond acceptors (Lipinski definition) is 5. The summed E-state index contributed by atoms with van der Waals surface area (Å²) in [6.45, 7) is 2.72. The SMILES string of the molecule is CCn1c(N)c(NC2CCCNC2=O)c(=O)[nH]c1=O. The fraction of sp³-hybridized carbons (Fsp3) is 0.545. The Kier molecular flexibility index (Phi) is 3.59. The van der Waals surface area contributed by atoms with E-state index < -0.39 is 17.3 Å². The third kappa shape index (κ3) is 2.47. The summed E-state index contributed by atoms with van der Waals surface area (Å²) in [5, 5.41) is 5.54. The van der Waals surface area contributed by atoms with E-state index in [4.69, 9.17) is 5.73 Å². The molecule has 0 aliphatic carbocycles. The van der Waals surface area contributed by atoms with Crippen molar-refractivity contribution in [3.05, 3.63) is 20.8 Å². The molecule has 1 aromatic rings. The highest BCUT2D eigenvalue weighted by atomic mass is 16.2. The van der Waals surface area contributed by atoms with Gasteiger partial charge < -0.3 is 16.4 Å². The highest BCUT2D eigenvalue weighted by molar-refractivity contribution is 5.86. The average molecular weight is 267 g/mol. The molecule has 2 heterocycles. The molecule has 5 N–H and O–H groups in total. The van der Waals surface area contributed by atoms with Gasteiger partial charge in [-0.05, 0) is 19.8 Å². The van der Waals surface area contributed by atoms with Crippen LogP contribution in [0, 0.1) is 0 Å². The van der Waals surface area contributed by atoms with Crippen LogP contribution in [0.3, 0.4) is 0 Å². The normalized spacial score (nSPS) is 19.0. The summed E-state index contributed by atoms with van der Waals surface area (Å²) >= 11 is 0. The largest absolute Gasteiger partial charge is 0.383 e. The minimum atomic E-state index is -0.606. The van der Waals surface area contributed by atoms with Gasteiger partial charge in [0.15, 0.2) is 0 Å². The van der Waals surface area contributed by atoms with E-state index in [1.54, 1.807) is 6.92 Å². The molecule has 1 saturated heterocycles. The zero-order chi connectivity index (χ0) is 14.0. The lowest BCUT2D eigenvalue weighted by Gasteiger charge is -2.24. The molecule has 1 atom stereocenters. The van der Waals surface area contributed by atoms with Crippen molar-refractivity contribution in [3.8, 4) is 0 Å². The Morgan fingerprint density at radius 3 is 2.79 bits per heavy atom. The third-order valence-corrected chi connectivity index (χ3v) is 3.16. The van der Waals surface area contributed by atoms with Gasteiger partial charge in [-0.3, -0.25) is 19.1 Å². The minimum Gasteiger partial charge on any atom is -0.383 e. The molecule has 2 rings (SSSR count). The second-order valence-electron chi connectivity index (χ2n) is 4.39. The molecule has 104 valence electrons. The van der Waals surface area contributed by atoms with Gasteiger partial charge in [0.25, 0.3) is 5.56 Å². The Bertz CT molecular complexity index is 603. The predicted octanol–water partition coefficient (Wildman–Crippen LogP) is -1.17. The van der Waals surface area contributed by atoms with Crippen molar-refractivity contribution in [2.75, 3.05) is 17.6 Å². The fourth-order valence-corrected chi connectivity index (χ4v) is 2.13. The minimum absolute atomic E-state index is 0.0506. The van der Waals surface area contributed by atoms with Crippen molar-refractivity contribution < 1.29 is 4.79 Å². The molecule has 0 radical (unpaired) electrons. The van der Waals surface area contributed by atoms with E-state index in [0.29, 0.717) is 19.5 Å². The van der Waals surface area contributed by atoms with E-state index in [1.807, 2.05) is 0 Å². The Labute approximate surface area is 109 Å². The standard InChI is InChI=1S/C11H17N5O3/c1-2-16-8(12)7(10(18)15-11(16)19)14-6-4-3-5-13-9(6)17/h6,14H,2-5,12H2,1H3,(H,13,17)(H,15,18,19). The van der Waals surface area contributed by atoms with Gasteiger partial charge in [-0.2, -0.15) is 0 Å². The van der Waals surface area contributed by atoms with Gasteiger partial charge in [0.1, 0.15) is 17.5 Å². The molecule has 0 aromatic carbocycles. The molecule has 8 nitrogen and oxygen atoms in total. The smallest absolute Gasteiger partial charge is 0.330 e. The van der Waals surface area contributed by atoms with Gasteiger partial charge in [-0.1, -0.05) is 0 Å². The summed E-state index contributed by atoms with van der Waals surface area (Å²) < 4.78 is 1.24. The van der Waals surface area contributed by atoms with E-state index in [0.717, 1.165) is 6.42 Å². The second kappa shape index (κ2) is 5.17. The summed E-state index contributed by atoms with van der Waals surface area (Å²) in [7, 11) is 0. The van der Waals surface area contributed by atoms with Crippen LogP contribution < -0.4 is 27.6 Å². The number of carbonyl (C=O) groups is 1. The Morgan fingerprint density at radius 2 is 2.16 bits per heavy atom. The summed E-state index contributed by atoms with van der Waals surface area (Å²) in [5.74, 6) is -0.117. The molecule has 1 aliphatic rings. The number of aromatic nitrogens is 2. The van der Waals surface area contributed by atoms with Crippen LogP contribution in [0.4, 0.5) is 11.5 Å². The average Bonchev–Trinajstić information content (AvgIpc) is 2.36. The van der Waals surface area contributed by atoms with Gasteiger partial charge in [0.2, 0.25) is 5.91 Å². The van der Waals surface area contributed by atoms with Gasteiger partial charge in [0, 0.05) is 13.1 Å². The molecule has 0 bridgehead atoms. The number of H-pyrrole nitrogens is 1. The Balaban J connectivity index is 2.37. The number of anilines is 2. The van der Waals surface area contributed by atoms with Crippen molar-refractivity contribution >= 4 is 17.4 Å². The summed E-state index contributed by atoms with van der Waals surface area (Å²) in [6.07, 6.45) is 1.45. The van der Waals surface area contributed by atoms with Crippen LogP contribution in [0.2, 0.25) is 0 Å². The lowest BCUT2D eigenvalue weighted by molar-refractivity contribution is -0.123. The molecule has 1 aliphatic heterocycles. The van der Waals surface area contributed by atoms with Crippen molar-refractivity contribution in [2.45, 2.75) is 32.4 Å². The fourth-order valence-electron chi connectivity index (χ4n) is 2.13. The number of nitrogens with one attached hydrogen (secondary N) is 3. The summed E-state index contributed by atoms with van der Waals surface area (Å²) in [6, 6.07) is -0.500. The topological polar surface area (TPSA) is 122 Å². The maximum atomic E-state index is 11.8. The van der Waals surface area contributed by atoms with Crippen LogP contribution in [0.5, 0.6) is 0 Å². The lowest BCUT2D eigenvalue weighted by atomic mass is 10.1. The lowest BCUT2D eigenvalue weighted by Crippen LogP contribution is -2.46. The maximum Gasteiger partial charge on any atom is 0.330 e. The van der Waals surface area contributed by atoms with Crippen LogP contribution in [-0.2, 0) is 11.3 Å². The number of rotatable bonds is 3. The second-order valence-corrected chi connectivity index (χ2v) is 4.39. The Morgan fingerprint density at radius 1 is 1.42 bits per heavy atom. The number of hydrogen-bond donors (Lipinski definition) is 4. The van der Waals surface area contributed by atoms with Crippen LogP contribution in [0.1, 0.15) is 19.8 Å². The highest BCUT2D eigenvalue weighted by Gasteiger charge is 2.24. The van der Waals surface area contributed by atoms with Crippen LogP contribution in [-0.4, -0.2) is 28.0 Å². The van der Waals surface area contributed by atoms with Gasteiger partial charge in [0.05, 0.1) is 0 Å². The van der Waals surface area contributed by atoms with Gasteiger partial charge in [-0.15, -0.1) is 0 Å². The Hall–Kier alpha value is -2.25. The van der Waals surface area contributed by atoms with Crippen molar-refractivity contribution in [1.82, 2.24) is 14.9 Å². The monoisotopic (exact) mass is 267 g/mol. The predicted molar refractivity (Wildman–Crippen MR) is 71.1 cm³/mol. The van der Waals surface area contributed by atoms with E-state index >= 15 is 0 Å². The number of amides is 1. The molecule has 1 aromatic heterocycles. The van der Waals surface area contributed by atoms with Crippen molar-refractivity contribution in [2.24, 2.45) is 0 Å². The zero-order valence-corrected chi connectivity index (χ0v) is 10.7. The summed E-state index contributed by atoms with van der Waals surface area (Å²) in [5.41, 5.74) is 4.72. The zero-order valence-electron chi connectivity index (χ0n) is 10.7. The molecule has 1 fully saturated rings. The number of aromatic amines is 1. The number of nitrogens with two attached hydrogens (primary N) is 1. The number of nitrogens with zero attached hydrogens (tertiary/aromatic N) is 1. The third-order valence-electron chi connectivity index (χ3n) is 3.16. The molecular weight excluding hydrogens is 250 g/mol. The van der Waals surface area contributed by atoms with E-state index in [-0.39, 0.29) is 17.4 Å². The number of carbonyl (C=O) groups excluding carboxylic acids is 1. The number of nitrogen functional groups attached to an aromatic ring is 1. The molecule has 1 amide bonds. The first-order chi connectivity index (χ1) is 9.04. The first-order valence-corrected chi connectivity index (χ1v) is 6.21. The maximum absolute atomic E-state index is 11.8. The van der Waals surface area contributed by atoms with Crippen molar-refractivity contribution in [1.29, 1.82) is 0 Å².